The normalized spacial score (nSPS) is 18.5. The van der Waals surface area contributed by atoms with Crippen LogP contribution in [0.2, 0.25) is 0 Å². The molecule has 2 aromatic carbocycles. The van der Waals surface area contributed by atoms with E-state index in [0.717, 1.165) is 47.5 Å². The first-order valence-electron chi connectivity index (χ1n) is 16.3. The number of nitrogens with zero attached hydrogens (tertiary/aromatic N) is 4. The molecular weight excluding hydrogens is 599 g/mol. The molecule has 0 saturated carbocycles. The van der Waals surface area contributed by atoms with E-state index in [4.69, 9.17) is 9.47 Å². The number of hydrogen-bond acceptors (Lipinski definition) is 6. The van der Waals surface area contributed by atoms with Crippen molar-refractivity contribution in [2.75, 3.05) is 13.1 Å². The van der Waals surface area contributed by atoms with Gasteiger partial charge in [0.05, 0.1) is 24.0 Å². The van der Waals surface area contributed by atoms with Crippen LogP contribution in [0.3, 0.4) is 0 Å². The lowest BCUT2D eigenvalue weighted by Crippen LogP contribution is -2.36. The number of ether oxygens (including phenoxy) is 2. The number of aromatic nitrogens is 4. The van der Waals surface area contributed by atoms with E-state index in [9.17, 15) is 9.59 Å². The summed E-state index contributed by atoms with van der Waals surface area (Å²) in [4.78, 5) is 44.3. The first kappa shape index (κ1) is 32.3. The molecule has 10 nitrogen and oxygen atoms in total. The highest BCUT2D eigenvalue weighted by molar-refractivity contribution is 5.72. The van der Waals surface area contributed by atoms with Gasteiger partial charge in [-0.2, -0.15) is 4.39 Å². The standard InChI is InChI=1S/C36H43FN6O4/c1-35(2,3)46-33(44)42-19-7-9-27(42)31-38-21-26(39-31)24-15-11-22(12-16-24)23-13-17-25(18-14-23)29-30(37)41-32(40-29)28-10-8-20-43(28)34(45)47-36(4,5)6/h11-18,21,27-28H,7-10,19-20H2,1-6H3,(H,38,39)(H,40,41). The Kier molecular flexibility index (Phi) is 8.59. The van der Waals surface area contributed by atoms with E-state index >= 15 is 4.39 Å². The highest BCUT2D eigenvalue weighted by Gasteiger charge is 2.36. The van der Waals surface area contributed by atoms with Crippen LogP contribution in [0.1, 0.15) is 91.0 Å². The Bertz CT molecular complexity index is 1730. The maximum Gasteiger partial charge on any atom is 0.410 e. The predicted molar refractivity (Wildman–Crippen MR) is 177 cm³/mol. The number of benzene rings is 2. The van der Waals surface area contributed by atoms with Crippen molar-refractivity contribution >= 4 is 12.2 Å². The number of carbonyl (C=O) groups excluding carboxylic acids is 2. The third kappa shape index (κ3) is 7.18. The lowest BCUT2D eigenvalue weighted by Gasteiger charge is -2.27. The summed E-state index contributed by atoms with van der Waals surface area (Å²) in [5.41, 5.74) is 3.53. The van der Waals surface area contributed by atoms with Crippen molar-refractivity contribution in [1.29, 1.82) is 0 Å². The molecule has 47 heavy (non-hydrogen) atoms. The van der Waals surface area contributed by atoms with E-state index in [0.29, 0.717) is 30.9 Å². The third-order valence-electron chi connectivity index (χ3n) is 8.35. The fourth-order valence-electron chi connectivity index (χ4n) is 6.21. The number of amides is 2. The average Bonchev–Trinajstić information content (AvgIpc) is 3.81. The van der Waals surface area contributed by atoms with Gasteiger partial charge in [-0.25, -0.2) is 19.6 Å². The number of halogens is 1. The molecule has 6 rings (SSSR count). The van der Waals surface area contributed by atoms with Gasteiger partial charge in [-0.3, -0.25) is 9.80 Å². The Balaban J connectivity index is 1.13. The summed E-state index contributed by atoms with van der Waals surface area (Å²) in [6.45, 7) is 12.3. The van der Waals surface area contributed by atoms with Gasteiger partial charge in [0.1, 0.15) is 28.5 Å². The fourth-order valence-corrected chi connectivity index (χ4v) is 6.21. The van der Waals surface area contributed by atoms with E-state index in [1.54, 1.807) is 16.0 Å². The molecule has 2 aliphatic rings. The van der Waals surface area contributed by atoms with Gasteiger partial charge in [0.2, 0.25) is 5.95 Å². The third-order valence-corrected chi connectivity index (χ3v) is 8.35. The number of carbonyl (C=O) groups is 2. The average molecular weight is 643 g/mol. The molecule has 4 aromatic rings. The molecule has 4 heterocycles. The molecule has 2 aromatic heterocycles. The smallest absolute Gasteiger partial charge is 0.410 e. The predicted octanol–water partition coefficient (Wildman–Crippen LogP) is 8.42. The number of imidazole rings is 2. The van der Waals surface area contributed by atoms with Gasteiger partial charge in [-0.1, -0.05) is 48.5 Å². The summed E-state index contributed by atoms with van der Waals surface area (Å²) in [5, 5.41) is 0. The number of nitrogens with one attached hydrogen (secondary N) is 2. The van der Waals surface area contributed by atoms with Crippen LogP contribution in [-0.4, -0.2) is 66.2 Å². The SMILES string of the molecule is CC(C)(C)OC(=O)N1CCCC1c1ncc(-c2ccc(-c3ccc(-c4nc(C5CCCN5C(=O)OC(C)(C)C)[nH]c4F)cc3)cc2)[nH]1. The minimum absolute atomic E-state index is 0.145. The van der Waals surface area contributed by atoms with Gasteiger partial charge in [-0.15, -0.1) is 0 Å². The van der Waals surface area contributed by atoms with Crippen LogP contribution in [0, 0.1) is 5.95 Å². The Morgan fingerprint density at radius 3 is 1.70 bits per heavy atom. The second-order valence-corrected chi connectivity index (χ2v) is 14.3. The zero-order chi connectivity index (χ0) is 33.5. The Morgan fingerprint density at radius 1 is 0.723 bits per heavy atom. The number of rotatable bonds is 5. The molecule has 2 aliphatic heterocycles. The van der Waals surface area contributed by atoms with Crippen molar-refractivity contribution in [3.63, 3.8) is 0 Å². The van der Waals surface area contributed by atoms with Crippen molar-refractivity contribution in [2.45, 2.75) is 90.5 Å². The van der Waals surface area contributed by atoms with Gasteiger partial charge in [0, 0.05) is 18.7 Å². The molecule has 2 fully saturated rings. The molecule has 0 aliphatic carbocycles. The molecule has 248 valence electrons. The zero-order valence-electron chi connectivity index (χ0n) is 27.9. The number of likely N-dealkylation sites (tertiary alicyclic amines) is 2. The molecule has 0 radical (unpaired) electrons. The van der Waals surface area contributed by atoms with Crippen molar-refractivity contribution in [3.05, 3.63) is 72.3 Å². The minimum Gasteiger partial charge on any atom is -0.444 e. The molecule has 0 bridgehead atoms. The first-order valence-corrected chi connectivity index (χ1v) is 16.3. The summed E-state index contributed by atoms with van der Waals surface area (Å²) < 4.78 is 26.3. The lowest BCUT2D eigenvalue weighted by atomic mass is 10.0. The van der Waals surface area contributed by atoms with Gasteiger partial charge in [0.15, 0.2) is 0 Å². The number of H-pyrrole nitrogens is 2. The van der Waals surface area contributed by atoms with E-state index in [1.807, 2.05) is 90.1 Å². The summed E-state index contributed by atoms with van der Waals surface area (Å²) in [7, 11) is 0. The van der Waals surface area contributed by atoms with Gasteiger partial charge < -0.3 is 19.4 Å². The van der Waals surface area contributed by atoms with Crippen LogP contribution in [0.5, 0.6) is 0 Å². The minimum atomic E-state index is -0.614. The summed E-state index contributed by atoms with van der Waals surface area (Å²) in [6, 6.07) is 15.2. The van der Waals surface area contributed by atoms with Crippen LogP contribution >= 0.6 is 0 Å². The van der Waals surface area contributed by atoms with Crippen LogP contribution in [0.25, 0.3) is 33.6 Å². The Labute approximate surface area is 274 Å². The topological polar surface area (TPSA) is 116 Å². The van der Waals surface area contributed by atoms with Crippen molar-refractivity contribution < 1.29 is 23.5 Å². The summed E-state index contributed by atoms with van der Waals surface area (Å²) >= 11 is 0. The zero-order valence-corrected chi connectivity index (χ0v) is 27.9. The Hall–Kier alpha value is -4.67. The highest BCUT2D eigenvalue weighted by atomic mass is 19.1. The quantitative estimate of drug-likeness (QED) is 0.226. The second kappa shape index (κ2) is 12.5. The van der Waals surface area contributed by atoms with E-state index in [-0.39, 0.29) is 23.9 Å². The molecule has 0 spiro atoms. The van der Waals surface area contributed by atoms with Crippen LogP contribution < -0.4 is 0 Å². The molecule has 11 heteroatoms. The largest absolute Gasteiger partial charge is 0.444 e. The first-order chi connectivity index (χ1) is 22.3. The maximum atomic E-state index is 15.1. The maximum absolute atomic E-state index is 15.1. The summed E-state index contributed by atoms with van der Waals surface area (Å²) in [5.74, 6) is 0.647. The molecular formula is C36H43FN6O4. The molecule has 2 amide bonds. The number of aromatic amines is 2. The van der Waals surface area contributed by atoms with Crippen LogP contribution in [0.4, 0.5) is 14.0 Å². The van der Waals surface area contributed by atoms with Gasteiger partial charge in [0.25, 0.3) is 0 Å². The van der Waals surface area contributed by atoms with Crippen molar-refractivity contribution in [3.8, 4) is 33.6 Å². The lowest BCUT2D eigenvalue weighted by molar-refractivity contribution is 0.0208. The highest BCUT2D eigenvalue weighted by Crippen LogP contribution is 2.35. The molecule has 2 unspecified atom stereocenters. The van der Waals surface area contributed by atoms with Crippen LogP contribution in [0.15, 0.2) is 54.7 Å². The van der Waals surface area contributed by atoms with Crippen molar-refractivity contribution in [2.24, 2.45) is 0 Å². The molecule has 2 atom stereocenters. The van der Waals surface area contributed by atoms with Gasteiger partial charge >= 0.3 is 12.2 Å². The number of hydrogen-bond donors (Lipinski definition) is 2. The monoisotopic (exact) mass is 642 g/mol. The van der Waals surface area contributed by atoms with E-state index in [1.165, 1.54) is 0 Å². The summed E-state index contributed by atoms with van der Waals surface area (Å²) in [6.07, 6.45) is 4.28. The van der Waals surface area contributed by atoms with E-state index in [2.05, 4.69) is 19.9 Å². The van der Waals surface area contributed by atoms with Gasteiger partial charge in [-0.05, 0) is 83.9 Å². The second-order valence-electron chi connectivity index (χ2n) is 14.3. The molecule has 2 N–H and O–H groups in total. The molecule has 2 saturated heterocycles. The van der Waals surface area contributed by atoms with E-state index < -0.39 is 23.2 Å². The fraction of sp³-hybridized carbons (Fsp3) is 0.444. The Morgan fingerprint density at radius 2 is 1.19 bits per heavy atom. The van der Waals surface area contributed by atoms with Crippen molar-refractivity contribution in [1.82, 2.24) is 29.7 Å². The van der Waals surface area contributed by atoms with Crippen LogP contribution in [-0.2, 0) is 9.47 Å².